The number of carbonyl (C=O) groups is 3. The van der Waals surface area contributed by atoms with E-state index < -0.39 is 18.1 Å². The first-order valence-electron chi connectivity index (χ1n) is 10.6. The molecule has 2 atom stereocenters. The highest BCUT2D eigenvalue weighted by Crippen LogP contribution is 2.35. The van der Waals surface area contributed by atoms with E-state index in [1.165, 1.54) is 17.0 Å². The standard InChI is InChI=1S/C24H24FN3O4/c25-19-7-4-8-20(23(19)17-11-12-26-13-17)28-15-18(32-24(28)31)14-27-22(30)10-9-21(29)16-5-2-1-3-6-16/h1-10,17-18,26H,11-15H2,(H,27,30). The first-order valence-corrected chi connectivity index (χ1v) is 10.6. The average Bonchev–Trinajstić information content (AvgIpc) is 3.46. The third kappa shape index (κ3) is 4.86. The van der Waals surface area contributed by atoms with Gasteiger partial charge in [0, 0.05) is 29.7 Å². The highest BCUT2D eigenvalue weighted by Gasteiger charge is 2.36. The molecule has 0 radical (unpaired) electrons. The molecule has 2 fully saturated rings. The summed E-state index contributed by atoms with van der Waals surface area (Å²) in [6.07, 6.45) is 2.00. The van der Waals surface area contributed by atoms with Gasteiger partial charge < -0.3 is 15.4 Å². The van der Waals surface area contributed by atoms with Crippen molar-refractivity contribution >= 4 is 23.5 Å². The third-order valence-corrected chi connectivity index (χ3v) is 5.61. The van der Waals surface area contributed by atoms with Gasteiger partial charge in [-0.2, -0.15) is 0 Å². The van der Waals surface area contributed by atoms with E-state index in [4.69, 9.17) is 4.74 Å². The number of ether oxygens (including phenoxy) is 1. The summed E-state index contributed by atoms with van der Waals surface area (Å²) in [6.45, 7) is 1.74. The van der Waals surface area contributed by atoms with E-state index in [0.717, 1.165) is 19.0 Å². The van der Waals surface area contributed by atoms with Crippen molar-refractivity contribution in [3.63, 3.8) is 0 Å². The number of cyclic esters (lactones) is 1. The van der Waals surface area contributed by atoms with Crippen molar-refractivity contribution in [2.24, 2.45) is 0 Å². The van der Waals surface area contributed by atoms with E-state index in [1.54, 1.807) is 42.5 Å². The van der Waals surface area contributed by atoms with Gasteiger partial charge >= 0.3 is 6.09 Å². The van der Waals surface area contributed by atoms with Gasteiger partial charge in [0.15, 0.2) is 5.78 Å². The maximum Gasteiger partial charge on any atom is 0.414 e. The van der Waals surface area contributed by atoms with Crippen LogP contribution in [0.4, 0.5) is 14.9 Å². The fourth-order valence-electron chi connectivity index (χ4n) is 4.01. The van der Waals surface area contributed by atoms with Crippen LogP contribution in [-0.4, -0.2) is 50.1 Å². The molecular weight excluding hydrogens is 413 g/mol. The molecule has 0 aliphatic carbocycles. The largest absolute Gasteiger partial charge is 0.442 e. The summed E-state index contributed by atoms with van der Waals surface area (Å²) in [4.78, 5) is 38.0. The third-order valence-electron chi connectivity index (χ3n) is 5.61. The van der Waals surface area contributed by atoms with Crippen molar-refractivity contribution < 1.29 is 23.5 Å². The number of rotatable bonds is 7. The van der Waals surface area contributed by atoms with Gasteiger partial charge in [-0.05, 0) is 31.2 Å². The number of anilines is 1. The van der Waals surface area contributed by atoms with Crippen LogP contribution in [-0.2, 0) is 9.53 Å². The Morgan fingerprint density at radius 2 is 1.97 bits per heavy atom. The Balaban J connectivity index is 1.36. The van der Waals surface area contributed by atoms with Crippen molar-refractivity contribution in [2.45, 2.75) is 18.4 Å². The van der Waals surface area contributed by atoms with Crippen LogP contribution >= 0.6 is 0 Å². The van der Waals surface area contributed by atoms with Crippen molar-refractivity contribution in [3.05, 3.63) is 77.6 Å². The summed E-state index contributed by atoms with van der Waals surface area (Å²) in [5.74, 6) is -1.09. The van der Waals surface area contributed by atoms with Crippen LogP contribution < -0.4 is 15.5 Å². The van der Waals surface area contributed by atoms with E-state index in [-0.39, 0.29) is 30.6 Å². The minimum atomic E-state index is -0.581. The molecule has 0 bridgehead atoms. The second kappa shape index (κ2) is 9.74. The summed E-state index contributed by atoms with van der Waals surface area (Å²) in [5, 5.41) is 5.86. The zero-order chi connectivity index (χ0) is 22.5. The molecule has 4 rings (SSSR count). The van der Waals surface area contributed by atoms with Gasteiger partial charge in [0.05, 0.1) is 18.8 Å². The summed E-state index contributed by atoms with van der Waals surface area (Å²) in [6, 6.07) is 13.3. The molecule has 2 amide bonds. The Labute approximate surface area is 185 Å². The lowest BCUT2D eigenvalue weighted by Crippen LogP contribution is -2.34. The quantitative estimate of drug-likeness (QED) is 0.514. The van der Waals surface area contributed by atoms with Gasteiger partial charge in [-0.1, -0.05) is 36.4 Å². The molecule has 32 heavy (non-hydrogen) atoms. The molecule has 2 aliphatic heterocycles. The van der Waals surface area contributed by atoms with Crippen molar-refractivity contribution in [3.8, 4) is 0 Å². The van der Waals surface area contributed by atoms with Gasteiger partial charge in [-0.25, -0.2) is 9.18 Å². The number of benzene rings is 2. The molecule has 2 aromatic rings. The Kier molecular flexibility index (Phi) is 6.61. The summed E-state index contributed by atoms with van der Waals surface area (Å²) in [7, 11) is 0. The minimum absolute atomic E-state index is 0.00922. The maximum absolute atomic E-state index is 14.6. The lowest BCUT2D eigenvalue weighted by atomic mass is 9.95. The maximum atomic E-state index is 14.6. The molecule has 2 aromatic carbocycles. The molecule has 2 saturated heterocycles. The molecule has 8 heteroatoms. The first kappa shape index (κ1) is 21.7. The predicted molar refractivity (Wildman–Crippen MR) is 117 cm³/mol. The Morgan fingerprint density at radius 1 is 1.16 bits per heavy atom. The van der Waals surface area contributed by atoms with E-state index >= 15 is 0 Å². The number of nitrogens with one attached hydrogen (secondary N) is 2. The second-order valence-corrected chi connectivity index (χ2v) is 7.79. The number of amides is 2. The highest BCUT2D eigenvalue weighted by atomic mass is 19.1. The zero-order valence-corrected chi connectivity index (χ0v) is 17.4. The van der Waals surface area contributed by atoms with Crippen LogP contribution in [0, 0.1) is 5.82 Å². The van der Waals surface area contributed by atoms with Crippen molar-refractivity contribution in [2.75, 3.05) is 31.1 Å². The van der Waals surface area contributed by atoms with Crippen LogP contribution in [0.15, 0.2) is 60.7 Å². The molecule has 2 aliphatic rings. The average molecular weight is 437 g/mol. The van der Waals surface area contributed by atoms with Crippen LogP contribution in [0.5, 0.6) is 0 Å². The number of ketones is 1. The van der Waals surface area contributed by atoms with E-state index in [9.17, 15) is 18.8 Å². The number of carbonyl (C=O) groups excluding carboxylic acids is 3. The normalized spacial score (nSPS) is 20.5. The number of nitrogens with zero attached hydrogens (tertiary/aromatic N) is 1. The SMILES string of the molecule is O=C(C=CC(=O)c1ccccc1)NCC1CN(c2cccc(F)c2C2CCNC2)C(=O)O1. The van der Waals surface area contributed by atoms with Crippen molar-refractivity contribution in [1.82, 2.24) is 10.6 Å². The molecule has 2 unspecified atom stereocenters. The van der Waals surface area contributed by atoms with E-state index in [1.807, 2.05) is 0 Å². The first-order chi connectivity index (χ1) is 15.5. The van der Waals surface area contributed by atoms with Crippen LogP contribution in [0.2, 0.25) is 0 Å². The molecule has 0 aromatic heterocycles. The lowest BCUT2D eigenvalue weighted by Gasteiger charge is -2.21. The van der Waals surface area contributed by atoms with Crippen molar-refractivity contribution in [1.29, 1.82) is 0 Å². The molecule has 2 N–H and O–H groups in total. The van der Waals surface area contributed by atoms with Gasteiger partial charge in [0.2, 0.25) is 5.91 Å². The van der Waals surface area contributed by atoms with E-state index in [0.29, 0.717) is 23.4 Å². The Morgan fingerprint density at radius 3 is 2.72 bits per heavy atom. The number of hydrogen-bond acceptors (Lipinski definition) is 5. The topological polar surface area (TPSA) is 87.7 Å². The molecule has 0 saturated carbocycles. The van der Waals surface area contributed by atoms with Gasteiger partial charge in [-0.15, -0.1) is 0 Å². The Hall–Kier alpha value is -3.52. The van der Waals surface area contributed by atoms with Crippen LogP contribution in [0.1, 0.15) is 28.3 Å². The number of halogens is 1. The lowest BCUT2D eigenvalue weighted by molar-refractivity contribution is -0.116. The fraction of sp³-hybridized carbons (Fsp3) is 0.292. The molecule has 7 nitrogen and oxygen atoms in total. The van der Waals surface area contributed by atoms with Crippen LogP contribution in [0.25, 0.3) is 0 Å². The summed E-state index contributed by atoms with van der Waals surface area (Å²) in [5.41, 5.74) is 1.51. The molecule has 2 heterocycles. The minimum Gasteiger partial charge on any atom is -0.442 e. The summed E-state index contributed by atoms with van der Waals surface area (Å²) < 4.78 is 20.0. The number of hydrogen-bond donors (Lipinski definition) is 2. The predicted octanol–water partition coefficient (Wildman–Crippen LogP) is 2.78. The van der Waals surface area contributed by atoms with Gasteiger partial charge in [0.1, 0.15) is 11.9 Å². The fourth-order valence-corrected chi connectivity index (χ4v) is 4.01. The second-order valence-electron chi connectivity index (χ2n) is 7.79. The Bertz CT molecular complexity index is 1030. The zero-order valence-electron chi connectivity index (χ0n) is 17.4. The van der Waals surface area contributed by atoms with Gasteiger partial charge in [-0.3, -0.25) is 14.5 Å². The van der Waals surface area contributed by atoms with E-state index in [2.05, 4.69) is 10.6 Å². The molecule has 166 valence electrons. The monoisotopic (exact) mass is 437 g/mol. The molecular formula is C24H24FN3O4. The highest BCUT2D eigenvalue weighted by molar-refractivity contribution is 6.07. The molecule has 0 spiro atoms. The number of allylic oxidation sites excluding steroid dienone is 1. The smallest absolute Gasteiger partial charge is 0.414 e. The van der Waals surface area contributed by atoms with Crippen LogP contribution in [0.3, 0.4) is 0 Å². The summed E-state index contributed by atoms with van der Waals surface area (Å²) >= 11 is 0. The van der Waals surface area contributed by atoms with Gasteiger partial charge in [0.25, 0.3) is 0 Å².